The number of piperazine rings is 1. The van der Waals surface area contributed by atoms with Gasteiger partial charge in [0.2, 0.25) is 0 Å². The summed E-state index contributed by atoms with van der Waals surface area (Å²) in [5.74, 6) is 0. The van der Waals surface area contributed by atoms with Crippen molar-refractivity contribution in [2.24, 2.45) is 0 Å². The van der Waals surface area contributed by atoms with Crippen LogP contribution < -0.4 is 5.32 Å². The molecule has 78 valence electrons. The maximum absolute atomic E-state index is 5.05. The smallest absolute Gasteiger partial charge is 0.0589 e. The molecule has 2 fully saturated rings. The molecule has 2 atom stereocenters. The Morgan fingerprint density at radius 2 is 2.23 bits per heavy atom. The van der Waals surface area contributed by atoms with Crippen molar-refractivity contribution in [3.05, 3.63) is 0 Å². The first-order valence-corrected chi connectivity index (χ1v) is 5.36. The summed E-state index contributed by atoms with van der Waals surface area (Å²) in [5, 5.41) is 3.48. The van der Waals surface area contributed by atoms with Gasteiger partial charge in [0.05, 0.1) is 6.61 Å². The van der Waals surface area contributed by atoms with Gasteiger partial charge in [-0.1, -0.05) is 13.8 Å². The molecule has 1 N–H and O–H groups in total. The lowest BCUT2D eigenvalue weighted by atomic mass is 10.2. The third kappa shape index (κ3) is 2.66. The van der Waals surface area contributed by atoms with Gasteiger partial charge in [-0.15, -0.1) is 0 Å². The normalized spacial score (nSPS) is 31.6. The summed E-state index contributed by atoms with van der Waals surface area (Å²) < 4.78 is 5.05. The Morgan fingerprint density at radius 3 is 2.69 bits per heavy atom. The highest BCUT2D eigenvalue weighted by Gasteiger charge is 2.36. The number of hydrogen-bond donors (Lipinski definition) is 1. The zero-order valence-electron chi connectivity index (χ0n) is 9.05. The van der Waals surface area contributed by atoms with Gasteiger partial charge < -0.3 is 10.1 Å². The number of methoxy groups -OCH3 is 1. The Labute approximate surface area is 81.4 Å². The molecule has 2 rings (SSSR count). The third-order valence-electron chi connectivity index (χ3n) is 2.75. The van der Waals surface area contributed by atoms with Gasteiger partial charge in [-0.25, -0.2) is 0 Å². The molecule has 0 saturated carbocycles. The minimum atomic E-state index is 0.775. The number of likely N-dealkylation sites (tertiary alicyclic amines) is 1. The van der Waals surface area contributed by atoms with Crippen LogP contribution in [0.5, 0.6) is 0 Å². The molecule has 3 nitrogen and oxygen atoms in total. The van der Waals surface area contributed by atoms with E-state index in [9.17, 15) is 0 Å². The van der Waals surface area contributed by atoms with Crippen molar-refractivity contribution in [1.82, 2.24) is 10.2 Å². The third-order valence-corrected chi connectivity index (χ3v) is 2.75. The van der Waals surface area contributed by atoms with Crippen LogP contribution in [0.4, 0.5) is 0 Å². The van der Waals surface area contributed by atoms with Crippen molar-refractivity contribution in [2.45, 2.75) is 32.4 Å². The molecule has 2 heterocycles. The van der Waals surface area contributed by atoms with Gasteiger partial charge in [-0.05, 0) is 6.42 Å². The zero-order valence-corrected chi connectivity index (χ0v) is 9.05. The molecule has 2 aliphatic rings. The Kier molecular flexibility index (Phi) is 4.70. The van der Waals surface area contributed by atoms with Crippen LogP contribution in [0.25, 0.3) is 0 Å². The second-order valence-corrected chi connectivity index (χ2v) is 3.48. The Balaban J connectivity index is 0.000000396. The lowest BCUT2D eigenvalue weighted by Gasteiger charge is -2.26. The predicted octanol–water partition coefficient (Wildman–Crippen LogP) is 0.705. The first kappa shape index (κ1) is 11.0. The van der Waals surface area contributed by atoms with Crippen molar-refractivity contribution in [1.29, 1.82) is 0 Å². The van der Waals surface area contributed by atoms with E-state index in [0.29, 0.717) is 0 Å². The Bertz CT molecular complexity index is 141. The monoisotopic (exact) mass is 186 g/mol. The van der Waals surface area contributed by atoms with Crippen LogP contribution in [0.2, 0.25) is 0 Å². The largest absolute Gasteiger partial charge is 0.383 e. The maximum Gasteiger partial charge on any atom is 0.0589 e. The van der Waals surface area contributed by atoms with E-state index in [1.165, 1.54) is 19.5 Å². The van der Waals surface area contributed by atoms with Crippen molar-refractivity contribution in [3.63, 3.8) is 0 Å². The highest BCUT2D eigenvalue weighted by Crippen LogP contribution is 2.22. The van der Waals surface area contributed by atoms with Gasteiger partial charge >= 0.3 is 0 Å². The predicted molar refractivity (Wildman–Crippen MR) is 55.0 cm³/mol. The van der Waals surface area contributed by atoms with Crippen LogP contribution >= 0.6 is 0 Å². The molecule has 2 unspecified atom stereocenters. The fraction of sp³-hybridized carbons (Fsp3) is 1.00. The molecule has 0 aromatic heterocycles. The van der Waals surface area contributed by atoms with E-state index in [1.807, 2.05) is 13.8 Å². The SMILES string of the molecule is CC.COCCN1CC2CC1CN2. The van der Waals surface area contributed by atoms with Gasteiger partial charge in [-0.2, -0.15) is 0 Å². The fourth-order valence-electron chi connectivity index (χ4n) is 2.13. The summed E-state index contributed by atoms with van der Waals surface area (Å²) in [5.41, 5.74) is 0. The molecule has 13 heavy (non-hydrogen) atoms. The molecule has 3 heteroatoms. The number of ether oxygens (including phenoxy) is 1. The quantitative estimate of drug-likeness (QED) is 0.702. The van der Waals surface area contributed by atoms with Crippen LogP contribution in [-0.2, 0) is 4.74 Å². The summed E-state index contributed by atoms with van der Waals surface area (Å²) in [6, 6.07) is 1.58. The van der Waals surface area contributed by atoms with E-state index in [0.717, 1.165) is 25.2 Å². The van der Waals surface area contributed by atoms with Crippen LogP contribution in [-0.4, -0.2) is 50.3 Å². The second kappa shape index (κ2) is 5.58. The molecule has 0 amide bonds. The van der Waals surface area contributed by atoms with Gasteiger partial charge in [0.15, 0.2) is 0 Å². The highest BCUT2D eigenvalue weighted by atomic mass is 16.5. The number of hydrogen-bond acceptors (Lipinski definition) is 3. The Morgan fingerprint density at radius 1 is 1.46 bits per heavy atom. The summed E-state index contributed by atoms with van der Waals surface area (Å²) >= 11 is 0. The zero-order chi connectivity index (χ0) is 9.68. The minimum absolute atomic E-state index is 0.775. The van der Waals surface area contributed by atoms with E-state index in [4.69, 9.17) is 4.74 Å². The average molecular weight is 186 g/mol. The van der Waals surface area contributed by atoms with Crippen LogP contribution in [0, 0.1) is 0 Å². The average Bonchev–Trinajstić information content (AvgIpc) is 2.79. The van der Waals surface area contributed by atoms with Gasteiger partial charge in [0.25, 0.3) is 0 Å². The van der Waals surface area contributed by atoms with Gasteiger partial charge in [0.1, 0.15) is 0 Å². The van der Waals surface area contributed by atoms with E-state index >= 15 is 0 Å². The summed E-state index contributed by atoms with van der Waals surface area (Å²) in [6.45, 7) is 8.41. The standard InChI is InChI=1S/C8H16N2O.C2H6/c1-11-3-2-10-6-7-4-8(10)5-9-7;1-2/h7-9H,2-6H2,1H3;1-2H3. The van der Waals surface area contributed by atoms with E-state index in [1.54, 1.807) is 7.11 Å². The van der Waals surface area contributed by atoms with E-state index < -0.39 is 0 Å². The van der Waals surface area contributed by atoms with Gasteiger partial charge in [-0.3, -0.25) is 4.90 Å². The van der Waals surface area contributed by atoms with Crippen LogP contribution in [0.15, 0.2) is 0 Å². The Hall–Kier alpha value is -0.120. The fourth-order valence-corrected chi connectivity index (χ4v) is 2.13. The van der Waals surface area contributed by atoms with Crippen LogP contribution in [0.3, 0.4) is 0 Å². The van der Waals surface area contributed by atoms with Crippen molar-refractivity contribution < 1.29 is 4.74 Å². The van der Waals surface area contributed by atoms with Crippen molar-refractivity contribution >= 4 is 0 Å². The topological polar surface area (TPSA) is 24.5 Å². The molecule has 2 aliphatic heterocycles. The number of fused-ring (bicyclic) bond motifs is 2. The van der Waals surface area contributed by atoms with E-state index in [2.05, 4.69) is 10.2 Å². The summed E-state index contributed by atoms with van der Waals surface area (Å²) in [4.78, 5) is 2.53. The molecule has 2 saturated heterocycles. The molecule has 0 aliphatic carbocycles. The summed E-state index contributed by atoms with van der Waals surface area (Å²) in [7, 11) is 1.77. The van der Waals surface area contributed by atoms with Crippen LogP contribution in [0.1, 0.15) is 20.3 Å². The van der Waals surface area contributed by atoms with Gasteiger partial charge in [0, 0.05) is 38.8 Å². The molecule has 0 aromatic carbocycles. The first-order valence-electron chi connectivity index (χ1n) is 5.36. The molecule has 2 bridgehead atoms. The minimum Gasteiger partial charge on any atom is -0.383 e. The molecule has 0 radical (unpaired) electrons. The molecule has 0 aromatic rings. The lowest BCUT2D eigenvalue weighted by Crippen LogP contribution is -2.44. The highest BCUT2D eigenvalue weighted by molar-refractivity contribution is 4.96. The van der Waals surface area contributed by atoms with E-state index in [-0.39, 0.29) is 0 Å². The van der Waals surface area contributed by atoms with Crippen molar-refractivity contribution in [2.75, 3.05) is 33.4 Å². The number of nitrogens with zero attached hydrogens (tertiary/aromatic N) is 1. The molecular formula is C10H22N2O. The maximum atomic E-state index is 5.05. The lowest BCUT2D eigenvalue weighted by molar-refractivity contribution is 0.133. The van der Waals surface area contributed by atoms with Crippen molar-refractivity contribution in [3.8, 4) is 0 Å². The molecule has 0 spiro atoms. The first-order chi connectivity index (χ1) is 6.40. The molecular weight excluding hydrogens is 164 g/mol. The number of nitrogens with one attached hydrogen (secondary N) is 1. The summed E-state index contributed by atoms with van der Waals surface area (Å²) in [6.07, 6.45) is 1.35. The second-order valence-electron chi connectivity index (χ2n) is 3.48. The number of rotatable bonds is 3.